The molecule has 2 heteroatoms. The molecule has 82 valence electrons. The first kappa shape index (κ1) is 10.7. The lowest BCUT2D eigenvalue weighted by Crippen LogP contribution is -2.21. The van der Waals surface area contributed by atoms with E-state index in [9.17, 15) is 5.11 Å². The van der Waals surface area contributed by atoms with Crippen LogP contribution in [0.2, 0.25) is 0 Å². The molecule has 1 aliphatic heterocycles. The van der Waals surface area contributed by atoms with Crippen molar-refractivity contribution in [1.82, 2.24) is 5.32 Å². The predicted molar refractivity (Wildman–Crippen MR) is 61.7 cm³/mol. The minimum Gasteiger partial charge on any atom is -0.388 e. The maximum Gasteiger partial charge on any atom is 0.0790 e. The molecule has 15 heavy (non-hydrogen) atoms. The van der Waals surface area contributed by atoms with Gasteiger partial charge in [0.05, 0.1) is 6.10 Å². The fraction of sp³-hybridized carbons (Fsp3) is 0.538. The van der Waals surface area contributed by atoms with Crippen molar-refractivity contribution in [3.05, 3.63) is 35.9 Å². The molecule has 1 fully saturated rings. The van der Waals surface area contributed by atoms with Crippen LogP contribution in [0.1, 0.15) is 37.4 Å². The summed E-state index contributed by atoms with van der Waals surface area (Å²) in [5.41, 5.74) is 1.04. The third-order valence-electron chi connectivity index (χ3n) is 3.14. The van der Waals surface area contributed by atoms with Gasteiger partial charge in [-0.05, 0) is 37.8 Å². The van der Waals surface area contributed by atoms with E-state index >= 15 is 0 Å². The molecule has 2 N–H and O–H groups in total. The third kappa shape index (κ3) is 3.05. The maximum atomic E-state index is 9.95. The van der Waals surface area contributed by atoms with Gasteiger partial charge < -0.3 is 10.4 Å². The zero-order valence-electron chi connectivity index (χ0n) is 9.02. The Bertz CT molecular complexity index is 280. The van der Waals surface area contributed by atoms with E-state index in [2.05, 4.69) is 5.32 Å². The van der Waals surface area contributed by atoms with Gasteiger partial charge in [-0.2, -0.15) is 0 Å². The summed E-state index contributed by atoms with van der Waals surface area (Å²) in [5, 5.41) is 13.4. The number of rotatable bonds is 4. The summed E-state index contributed by atoms with van der Waals surface area (Å²) in [5.74, 6) is 0. The SMILES string of the molecule is O[C@@H](CC[C@@H]1CCCN1)c1ccccc1. The second kappa shape index (κ2) is 5.29. The molecule has 0 spiro atoms. The summed E-state index contributed by atoms with van der Waals surface area (Å²) in [7, 11) is 0. The van der Waals surface area contributed by atoms with Crippen LogP contribution in [-0.4, -0.2) is 17.7 Å². The third-order valence-corrected chi connectivity index (χ3v) is 3.14. The zero-order chi connectivity index (χ0) is 10.5. The fourth-order valence-electron chi connectivity index (χ4n) is 2.20. The quantitative estimate of drug-likeness (QED) is 0.790. The lowest BCUT2D eigenvalue weighted by atomic mass is 10.0. The standard InChI is InChI=1S/C13H19NO/c15-13(11-5-2-1-3-6-11)9-8-12-7-4-10-14-12/h1-3,5-6,12-15H,4,7-10H2/t12-,13-/m0/s1. The highest BCUT2D eigenvalue weighted by molar-refractivity contribution is 5.17. The van der Waals surface area contributed by atoms with E-state index in [1.807, 2.05) is 30.3 Å². The highest BCUT2D eigenvalue weighted by atomic mass is 16.3. The van der Waals surface area contributed by atoms with Crippen molar-refractivity contribution < 1.29 is 5.11 Å². The molecule has 2 rings (SSSR count). The minimum absolute atomic E-state index is 0.298. The molecule has 1 aromatic rings. The second-order valence-corrected chi connectivity index (χ2v) is 4.30. The highest BCUT2D eigenvalue weighted by Gasteiger charge is 2.16. The van der Waals surface area contributed by atoms with E-state index in [0.29, 0.717) is 6.04 Å². The molecule has 1 saturated heterocycles. The first-order valence-corrected chi connectivity index (χ1v) is 5.82. The number of hydrogen-bond donors (Lipinski definition) is 2. The Hall–Kier alpha value is -0.860. The van der Waals surface area contributed by atoms with Gasteiger partial charge in [-0.1, -0.05) is 30.3 Å². The molecule has 1 aliphatic rings. The Morgan fingerprint density at radius 1 is 1.33 bits per heavy atom. The van der Waals surface area contributed by atoms with Crippen molar-refractivity contribution in [2.45, 2.75) is 37.8 Å². The van der Waals surface area contributed by atoms with Gasteiger partial charge in [0.1, 0.15) is 0 Å². The van der Waals surface area contributed by atoms with E-state index < -0.39 is 0 Å². The molecular formula is C13H19NO. The predicted octanol–water partition coefficient (Wildman–Crippen LogP) is 2.25. The van der Waals surface area contributed by atoms with E-state index in [1.54, 1.807) is 0 Å². The molecule has 0 aromatic heterocycles. The Morgan fingerprint density at radius 2 is 2.13 bits per heavy atom. The van der Waals surface area contributed by atoms with E-state index in [1.165, 1.54) is 12.8 Å². The molecule has 0 amide bonds. The molecular weight excluding hydrogens is 186 g/mol. The van der Waals surface area contributed by atoms with Crippen molar-refractivity contribution >= 4 is 0 Å². The molecule has 0 radical (unpaired) electrons. The Morgan fingerprint density at radius 3 is 2.80 bits per heavy atom. The Balaban J connectivity index is 1.79. The zero-order valence-corrected chi connectivity index (χ0v) is 9.02. The molecule has 1 heterocycles. The topological polar surface area (TPSA) is 32.3 Å². The smallest absolute Gasteiger partial charge is 0.0790 e. The van der Waals surface area contributed by atoms with Crippen molar-refractivity contribution in [1.29, 1.82) is 0 Å². The van der Waals surface area contributed by atoms with Crippen molar-refractivity contribution in [3.63, 3.8) is 0 Å². The lowest BCUT2D eigenvalue weighted by molar-refractivity contribution is 0.160. The van der Waals surface area contributed by atoms with Crippen LogP contribution < -0.4 is 5.32 Å². The van der Waals surface area contributed by atoms with E-state index in [-0.39, 0.29) is 6.10 Å². The van der Waals surface area contributed by atoms with Gasteiger partial charge in [0.15, 0.2) is 0 Å². The monoisotopic (exact) mass is 205 g/mol. The maximum absolute atomic E-state index is 9.95. The fourth-order valence-corrected chi connectivity index (χ4v) is 2.20. The van der Waals surface area contributed by atoms with E-state index in [4.69, 9.17) is 0 Å². The first-order chi connectivity index (χ1) is 7.36. The average Bonchev–Trinajstić information content (AvgIpc) is 2.80. The summed E-state index contributed by atoms with van der Waals surface area (Å²) >= 11 is 0. The van der Waals surface area contributed by atoms with Crippen LogP contribution in [0.25, 0.3) is 0 Å². The Kier molecular flexibility index (Phi) is 3.75. The molecule has 0 unspecified atom stereocenters. The van der Waals surface area contributed by atoms with Gasteiger partial charge >= 0.3 is 0 Å². The van der Waals surface area contributed by atoms with Crippen LogP contribution >= 0.6 is 0 Å². The van der Waals surface area contributed by atoms with Gasteiger partial charge in [0, 0.05) is 6.04 Å². The van der Waals surface area contributed by atoms with Crippen LogP contribution in [0, 0.1) is 0 Å². The minimum atomic E-state index is -0.298. The van der Waals surface area contributed by atoms with Gasteiger partial charge in [0.2, 0.25) is 0 Å². The van der Waals surface area contributed by atoms with Crippen molar-refractivity contribution in [2.75, 3.05) is 6.54 Å². The van der Waals surface area contributed by atoms with Gasteiger partial charge in [0.25, 0.3) is 0 Å². The average molecular weight is 205 g/mol. The van der Waals surface area contributed by atoms with Gasteiger partial charge in [-0.3, -0.25) is 0 Å². The number of nitrogens with one attached hydrogen (secondary N) is 1. The van der Waals surface area contributed by atoms with Crippen molar-refractivity contribution in [2.24, 2.45) is 0 Å². The van der Waals surface area contributed by atoms with Crippen molar-refractivity contribution in [3.8, 4) is 0 Å². The summed E-state index contributed by atoms with van der Waals surface area (Å²) in [4.78, 5) is 0. The number of hydrogen-bond acceptors (Lipinski definition) is 2. The second-order valence-electron chi connectivity index (χ2n) is 4.30. The molecule has 2 nitrogen and oxygen atoms in total. The van der Waals surface area contributed by atoms with Crippen LogP contribution in [0.5, 0.6) is 0 Å². The van der Waals surface area contributed by atoms with Crippen LogP contribution in [0.15, 0.2) is 30.3 Å². The number of aliphatic hydroxyl groups excluding tert-OH is 1. The largest absolute Gasteiger partial charge is 0.388 e. The first-order valence-electron chi connectivity index (χ1n) is 5.82. The number of aliphatic hydroxyl groups is 1. The normalized spacial score (nSPS) is 22.9. The summed E-state index contributed by atoms with van der Waals surface area (Å²) in [6.07, 6.45) is 4.19. The van der Waals surface area contributed by atoms with Gasteiger partial charge in [-0.15, -0.1) is 0 Å². The molecule has 1 aromatic carbocycles. The van der Waals surface area contributed by atoms with Crippen LogP contribution in [0.3, 0.4) is 0 Å². The van der Waals surface area contributed by atoms with Crippen LogP contribution in [0.4, 0.5) is 0 Å². The van der Waals surface area contributed by atoms with Crippen LogP contribution in [-0.2, 0) is 0 Å². The highest BCUT2D eigenvalue weighted by Crippen LogP contribution is 2.21. The van der Waals surface area contributed by atoms with Gasteiger partial charge in [-0.25, -0.2) is 0 Å². The molecule has 0 saturated carbocycles. The summed E-state index contributed by atoms with van der Waals surface area (Å²) in [6.45, 7) is 1.14. The summed E-state index contributed by atoms with van der Waals surface area (Å²) in [6, 6.07) is 10.6. The molecule has 0 aliphatic carbocycles. The number of benzene rings is 1. The Labute approximate surface area is 91.3 Å². The van der Waals surface area contributed by atoms with E-state index in [0.717, 1.165) is 24.9 Å². The molecule has 2 atom stereocenters. The summed E-state index contributed by atoms with van der Waals surface area (Å²) < 4.78 is 0. The lowest BCUT2D eigenvalue weighted by Gasteiger charge is -2.14. The molecule has 0 bridgehead atoms.